The number of anilines is 1. The largest absolute Gasteiger partial charge is 0.489 e. The number of carbonyl (C=O) groups is 2. The monoisotopic (exact) mass is 277 g/mol. The maximum atomic E-state index is 11.6. The van der Waals surface area contributed by atoms with Crippen molar-refractivity contribution < 1.29 is 19.1 Å². The van der Waals surface area contributed by atoms with Gasteiger partial charge in [-0.1, -0.05) is 6.58 Å². The molecule has 0 heterocycles. The minimum absolute atomic E-state index is 0.0716. The molecule has 1 amide bonds. The Hall–Kier alpha value is -2.30. The number of amides is 1. The third-order valence-electron chi connectivity index (χ3n) is 2.41. The fourth-order valence-electron chi connectivity index (χ4n) is 1.38. The van der Waals surface area contributed by atoms with E-state index in [-0.39, 0.29) is 18.7 Å². The van der Waals surface area contributed by atoms with E-state index in [1.165, 1.54) is 7.11 Å². The van der Waals surface area contributed by atoms with Gasteiger partial charge in [-0.3, -0.25) is 9.59 Å². The van der Waals surface area contributed by atoms with Gasteiger partial charge in [0.15, 0.2) is 0 Å². The van der Waals surface area contributed by atoms with Crippen molar-refractivity contribution in [1.29, 1.82) is 0 Å². The molecular weight excluding hydrogens is 258 g/mol. The van der Waals surface area contributed by atoms with Gasteiger partial charge in [0.1, 0.15) is 12.4 Å². The molecule has 0 aromatic heterocycles. The van der Waals surface area contributed by atoms with Gasteiger partial charge < -0.3 is 14.8 Å². The van der Waals surface area contributed by atoms with Crippen molar-refractivity contribution in [3.8, 4) is 5.75 Å². The second-order valence-corrected chi connectivity index (χ2v) is 4.39. The minimum atomic E-state index is -0.399. The van der Waals surface area contributed by atoms with Gasteiger partial charge in [-0.15, -0.1) is 0 Å². The predicted octanol–water partition coefficient (Wildman–Crippen LogP) is 2.53. The van der Waals surface area contributed by atoms with Crippen LogP contribution in [0.3, 0.4) is 0 Å². The molecule has 5 nitrogen and oxygen atoms in total. The van der Waals surface area contributed by atoms with Crippen molar-refractivity contribution >= 4 is 17.6 Å². The number of carbonyl (C=O) groups excluding carboxylic acids is 2. The molecule has 0 saturated heterocycles. The molecule has 0 saturated carbocycles. The number of rotatable bonds is 7. The van der Waals surface area contributed by atoms with E-state index < -0.39 is 5.97 Å². The molecule has 0 bridgehead atoms. The molecule has 5 heteroatoms. The molecule has 0 radical (unpaired) electrons. The van der Waals surface area contributed by atoms with Crippen molar-refractivity contribution in [2.75, 3.05) is 19.0 Å². The fourth-order valence-corrected chi connectivity index (χ4v) is 1.38. The normalized spacial score (nSPS) is 9.70. The lowest BCUT2D eigenvalue weighted by Crippen LogP contribution is -2.13. The number of hydrogen-bond donors (Lipinski definition) is 1. The Labute approximate surface area is 118 Å². The first-order chi connectivity index (χ1) is 9.51. The molecule has 1 rings (SSSR count). The van der Waals surface area contributed by atoms with Gasteiger partial charge in [0.05, 0.1) is 13.5 Å². The Morgan fingerprint density at radius 1 is 1.20 bits per heavy atom. The first-order valence-corrected chi connectivity index (χ1v) is 6.25. The summed E-state index contributed by atoms with van der Waals surface area (Å²) in [6, 6.07) is 7.01. The summed E-state index contributed by atoms with van der Waals surface area (Å²) in [5.41, 5.74) is 1.59. The first-order valence-electron chi connectivity index (χ1n) is 6.25. The molecule has 1 aromatic rings. The van der Waals surface area contributed by atoms with Crippen molar-refractivity contribution in [3.63, 3.8) is 0 Å². The molecule has 0 aliphatic carbocycles. The molecule has 0 aliphatic rings. The molecule has 1 N–H and O–H groups in total. The van der Waals surface area contributed by atoms with Crippen LogP contribution in [0.15, 0.2) is 36.4 Å². The van der Waals surface area contributed by atoms with Crippen molar-refractivity contribution in [3.05, 3.63) is 36.4 Å². The summed E-state index contributed by atoms with van der Waals surface area (Å²) in [4.78, 5) is 22.5. The topological polar surface area (TPSA) is 64.6 Å². The smallest absolute Gasteiger partial charge is 0.306 e. The molecular formula is C15H19NO4. The molecule has 0 spiro atoms. The summed E-state index contributed by atoms with van der Waals surface area (Å²) in [7, 11) is 1.30. The lowest BCUT2D eigenvalue weighted by Gasteiger charge is -2.08. The maximum absolute atomic E-state index is 11.6. The minimum Gasteiger partial charge on any atom is -0.489 e. The zero-order valence-corrected chi connectivity index (χ0v) is 11.8. The average molecular weight is 277 g/mol. The Balaban J connectivity index is 2.42. The summed E-state index contributed by atoms with van der Waals surface area (Å²) < 4.78 is 9.92. The zero-order chi connectivity index (χ0) is 15.0. The highest BCUT2D eigenvalue weighted by molar-refractivity contribution is 5.92. The molecule has 1 aromatic carbocycles. The Morgan fingerprint density at radius 3 is 2.40 bits per heavy atom. The van der Waals surface area contributed by atoms with Crippen LogP contribution in [0.1, 0.15) is 19.8 Å². The summed E-state index contributed by atoms with van der Waals surface area (Å²) in [5.74, 6) is 0.0789. The second kappa shape index (κ2) is 7.99. The van der Waals surface area contributed by atoms with Crippen LogP contribution < -0.4 is 10.1 Å². The number of ether oxygens (including phenoxy) is 2. The van der Waals surface area contributed by atoms with Crippen molar-refractivity contribution in [2.45, 2.75) is 19.8 Å². The first kappa shape index (κ1) is 15.8. The third-order valence-corrected chi connectivity index (χ3v) is 2.41. The fraction of sp³-hybridized carbons (Fsp3) is 0.333. The second-order valence-electron chi connectivity index (χ2n) is 4.39. The summed E-state index contributed by atoms with van der Waals surface area (Å²) in [6.45, 7) is 6.10. The third kappa shape index (κ3) is 6.04. The average Bonchev–Trinajstić information content (AvgIpc) is 2.44. The van der Waals surface area contributed by atoms with Crippen molar-refractivity contribution in [2.24, 2.45) is 0 Å². The highest BCUT2D eigenvalue weighted by Crippen LogP contribution is 2.16. The Kier molecular flexibility index (Phi) is 6.29. The molecule has 0 aliphatic heterocycles. The van der Waals surface area contributed by atoms with Crippen LogP contribution in [0.25, 0.3) is 0 Å². The van der Waals surface area contributed by atoms with E-state index in [1.54, 1.807) is 24.3 Å². The summed E-state index contributed by atoms with van der Waals surface area (Å²) in [5, 5.41) is 2.69. The number of benzene rings is 1. The summed E-state index contributed by atoms with van der Waals surface area (Å²) in [6.07, 6.45) is 0.169. The van der Waals surface area contributed by atoms with Gasteiger partial charge >= 0.3 is 5.97 Å². The Morgan fingerprint density at radius 2 is 1.85 bits per heavy atom. The van der Waals surface area contributed by atoms with Gasteiger partial charge in [0.2, 0.25) is 5.91 Å². The van der Waals surface area contributed by atoms with E-state index >= 15 is 0 Å². The Bertz CT molecular complexity index is 479. The van der Waals surface area contributed by atoms with Crippen LogP contribution in [0.5, 0.6) is 5.75 Å². The van der Waals surface area contributed by atoms with Crippen LogP contribution in [0, 0.1) is 0 Å². The number of esters is 1. The predicted molar refractivity (Wildman–Crippen MR) is 76.6 cm³/mol. The molecule has 0 fully saturated rings. The lowest BCUT2D eigenvalue weighted by molar-refractivity contribution is -0.141. The van der Waals surface area contributed by atoms with Gasteiger partial charge in [-0.25, -0.2) is 0 Å². The van der Waals surface area contributed by atoms with Gasteiger partial charge in [-0.2, -0.15) is 0 Å². The number of nitrogens with one attached hydrogen (secondary N) is 1. The summed E-state index contributed by atoms with van der Waals surface area (Å²) >= 11 is 0. The number of methoxy groups -OCH3 is 1. The van der Waals surface area contributed by atoms with Crippen LogP contribution in [0.2, 0.25) is 0 Å². The maximum Gasteiger partial charge on any atom is 0.306 e. The van der Waals surface area contributed by atoms with Crippen LogP contribution >= 0.6 is 0 Å². The van der Waals surface area contributed by atoms with E-state index in [0.29, 0.717) is 18.0 Å². The SMILES string of the molecule is C=C(C)COc1ccc(NC(=O)CCC(=O)OC)cc1. The van der Waals surface area contributed by atoms with E-state index in [2.05, 4.69) is 16.6 Å². The molecule has 108 valence electrons. The van der Waals surface area contributed by atoms with Gasteiger partial charge in [0, 0.05) is 12.1 Å². The highest BCUT2D eigenvalue weighted by Gasteiger charge is 2.07. The quantitative estimate of drug-likeness (QED) is 0.614. The standard InChI is InChI=1S/C15H19NO4/c1-11(2)10-20-13-6-4-12(5-7-13)16-14(17)8-9-15(18)19-3/h4-7H,1,8-10H2,2-3H3,(H,16,17). The lowest BCUT2D eigenvalue weighted by atomic mass is 10.2. The van der Waals surface area contributed by atoms with Crippen LogP contribution in [-0.4, -0.2) is 25.6 Å². The molecule has 0 atom stereocenters. The van der Waals surface area contributed by atoms with Crippen LogP contribution in [-0.2, 0) is 14.3 Å². The van der Waals surface area contributed by atoms with E-state index in [4.69, 9.17) is 4.74 Å². The van der Waals surface area contributed by atoms with Gasteiger partial charge in [-0.05, 0) is 36.8 Å². The zero-order valence-electron chi connectivity index (χ0n) is 11.8. The molecule has 0 unspecified atom stereocenters. The molecule has 20 heavy (non-hydrogen) atoms. The number of hydrogen-bond acceptors (Lipinski definition) is 4. The van der Waals surface area contributed by atoms with Crippen LogP contribution in [0.4, 0.5) is 5.69 Å². The van der Waals surface area contributed by atoms with Crippen molar-refractivity contribution in [1.82, 2.24) is 0 Å². The van der Waals surface area contributed by atoms with E-state index in [1.807, 2.05) is 6.92 Å². The van der Waals surface area contributed by atoms with Gasteiger partial charge in [0.25, 0.3) is 0 Å². The van der Waals surface area contributed by atoms with E-state index in [9.17, 15) is 9.59 Å². The highest BCUT2D eigenvalue weighted by atomic mass is 16.5. The van der Waals surface area contributed by atoms with E-state index in [0.717, 1.165) is 5.57 Å².